The summed E-state index contributed by atoms with van der Waals surface area (Å²) in [6.07, 6.45) is 3.85. The summed E-state index contributed by atoms with van der Waals surface area (Å²) in [6, 6.07) is 8.71. The van der Waals surface area contributed by atoms with Crippen LogP contribution in [0.4, 0.5) is 11.4 Å². The number of anilines is 2. The van der Waals surface area contributed by atoms with E-state index in [1.54, 1.807) is 0 Å². The summed E-state index contributed by atoms with van der Waals surface area (Å²) in [5.74, 6) is 0. The molecule has 0 atom stereocenters. The van der Waals surface area contributed by atoms with Crippen molar-refractivity contribution in [2.45, 2.75) is 20.4 Å². The molecule has 110 valence electrons. The van der Waals surface area contributed by atoms with E-state index in [0.29, 0.717) is 0 Å². The van der Waals surface area contributed by atoms with Gasteiger partial charge in [-0.2, -0.15) is 0 Å². The normalized spacial score (nSPS) is 12.5. The number of benzene rings is 2. The Morgan fingerprint density at radius 1 is 1.09 bits per heavy atom. The van der Waals surface area contributed by atoms with E-state index in [1.165, 1.54) is 44.3 Å². The maximum Gasteiger partial charge on any atom is 0.0461 e. The summed E-state index contributed by atoms with van der Waals surface area (Å²) in [5.41, 5.74) is 9.00. The van der Waals surface area contributed by atoms with Gasteiger partial charge in [0.2, 0.25) is 0 Å². The lowest BCUT2D eigenvalue weighted by molar-refractivity contribution is 1.12. The van der Waals surface area contributed by atoms with Gasteiger partial charge in [0.25, 0.3) is 0 Å². The van der Waals surface area contributed by atoms with Crippen LogP contribution < -0.4 is 10.6 Å². The number of rotatable bonds is 1. The lowest BCUT2D eigenvalue weighted by atomic mass is 9.86. The van der Waals surface area contributed by atoms with Gasteiger partial charge in [-0.05, 0) is 59.7 Å². The van der Waals surface area contributed by atoms with Gasteiger partial charge >= 0.3 is 0 Å². The molecule has 1 aromatic heterocycles. The fourth-order valence-electron chi connectivity index (χ4n) is 3.52. The molecule has 3 nitrogen and oxygen atoms in total. The fourth-order valence-corrected chi connectivity index (χ4v) is 3.52. The van der Waals surface area contributed by atoms with Crippen LogP contribution in [0.25, 0.3) is 21.9 Å². The molecule has 0 saturated carbocycles. The van der Waals surface area contributed by atoms with Crippen LogP contribution in [0.5, 0.6) is 0 Å². The Kier molecular flexibility index (Phi) is 2.83. The van der Waals surface area contributed by atoms with Gasteiger partial charge in [-0.3, -0.25) is 4.98 Å². The van der Waals surface area contributed by atoms with Crippen molar-refractivity contribution in [3.63, 3.8) is 0 Å². The van der Waals surface area contributed by atoms with Crippen LogP contribution in [0.1, 0.15) is 16.7 Å². The monoisotopic (exact) mass is 289 g/mol. The van der Waals surface area contributed by atoms with Gasteiger partial charge in [0.05, 0.1) is 0 Å². The largest absolute Gasteiger partial charge is 0.388 e. The summed E-state index contributed by atoms with van der Waals surface area (Å²) in [4.78, 5) is 4.32. The minimum Gasteiger partial charge on any atom is -0.388 e. The maximum absolute atomic E-state index is 4.32. The van der Waals surface area contributed by atoms with Crippen LogP contribution in [-0.4, -0.2) is 12.0 Å². The molecule has 1 aliphatic heterocycles. The van der Waals surface area contributed by atoms with Crippen molar-refractivity contribution in [2.24, 2.45) is 0 Å². The highest BCUT2D eigenvalue weighted by molar-refractivity contribution is 6.02. The van der Waals surface area contributed by atoms with E-state index in [0.717, 1.165) is 12.2 Å². The zero-order valence-corrected chi connectivity index (χ0v) is 13.1. The van der Waals surface area contributed by atoms with Crippen LogP contribution in [0.3, 0.4) is 0 Å². The van der Waals surface area contributed by atoms with Gasteiger partial charge in [0, 0.05) is 48.3 Å². The zero-order chi connectivity index (χ0) is 15.3. The molecule has 0 radical (unpaired) electrons. The molecule has 0 spiro atoms. The third-order valence-corrected chi connectivity index (χ3v) is 4.75. The van der Waals surface area contributed by atoms with Gasteiger partial charge in [-0.25, -0.2) is 0 Å². The Morgan fingerprint density at radius 3 is 2.77 bits per heavy atom. The molecule has 2 N–H and O–H groups in total. The van der Waals surface area contributed by atoms with Crippen LogP contribution in [0.15, 0.2) is 36.7 Å². The second-order valence-electron chi connectivity index (χ2n) is 5.90. The smallest absolute Gasteiger partial charge is 0.0461 e. The zero-order valence-electron chi connectivity index (χ0n) is 13.1. The number of nitrogens with zero attached hydrogens (tertiary/aromatic N) is 1. The first-order chi connectivity index (χ1) is 10.7. The predicted molar refractivity (Wildman–Crippen MR) is 93.5 cm³/mol. The Morgan fingerprint density at radius 2 is 1.95 bits per heavy atom. The molecule has 0 bridgehead atoms. The molecule has 0 saturated heterocycles. The molecule has 3 aromatic rings. The molecular weight excluding hydrogens is 270 g/mol. The van der Waals surface area contributed by atoms with Crippen LogP contribution in [-0.2, 0) is 6.54 Å². The number of hydrogen-bond donors (Lipinski definition) is 2. The standard InChI is InChI=1S/C19H19N3/c1-11-17-10-21-7-6-15(17)12(2)19-18(11)16-8-14(20-3)5-4-13(16)9-22-19/h4-8,10,20,22H,9H2,1-3H3. The van der Waals surface area contributed by atoms with Gasteiger partial charge in [0.1, 0.15) is 0 Å². The number of hydrogen-bond acceptors (Lipinski definition) is 3. The van der Waals surface area contributed by atoms with E-state index in [-0.39, 0.29) is 0 Å². The first kappa shape index (κ1) is 13.1. The Bertz CT molecular complexity index is 897. The van der Waals surface area contributed by atoms with Crippen molar-refractivity contribution in [2.75, 3.05) is 17.7 Å². The second-order valence-corrected chi connectivity index (χ2v) is 5.90. The summed E-state index contributed by atoms with van der Waals surface area (Å²) in [5, 5.41) is 9.39. The van der Waals surface area contributed by atoms with E-state index >= 15 is 0 Å². The Labute approximate surface area is 130 Å². The lowest BCUT2D eigenvalue weighted by Gasteiger charge is -2.27. The first-order valence-corrected chi connectivity index (χ1v) is 7.62. The highest BCUT2D eigenvalue weighted by atomic mass is 14.9. The second kappa shape index (κ2) is 4.73. The maximum atomic E-state index is 4.32. The summed E-state index contributed by atoms with van der Waals surface area (Å²) >= 11 is 0. The summed E-state index contributed by atoms with van der Waals surface area (Å²) in [7, 11) is 1.96. The number of nitrogens with one attached hydrogen (secondary N) is 2. The number of pyridine rings is 1. The van der Waals surface area contributed by atoms with E-state index < -0.39 is 0 Å². The van der Waals surface area contributed by atoms with Crippen LogP contribution in [0.2, 0.25) is 0 Å². The molecule has 0 fully saturated rings. The van der Waals surface area contributed by atoms with Crippen molar-refractivity contribution in [1.82, 2.24) is 4.98 Å². The molecule has 2 aromatic carbocycles. The molecule has 0 unspecified atom stereocenters. The van der Waals surface area contributed by atoms with Gasteiger partial charge < -0.3 is 10.6 Å². The average molecular weight is 289 g/mol. The predicted octanol–water partition coefficient (Wildman–Crippen LogP) is 4.49. The van der Waals surface area contributed by atoms with Crippen LogP contribution >= 0.6 is 0 Å². The summed E-state index contributed by atoms with van der Waals surface area (Å²) in [6.45, 7) is 5.27. The Hall–Kier alpha value is -2.55. The van der Waals surface area contributed by atoms with Crippen molar-refractivity contribution < 1.29 is 0 Å². The molecule has 1 aliphatic rings. The molecule has 4 rings (SSSR count). The third-order valence-electron chi connectivity index (χ3n) is 4.75. The molecular formula is C19H19N3. The Balaban J connectivity index is 2.12. The van der Waals surface area contributed by atoms with Crippen molar-refractivity contribution in [3.05, 3.63) is 53.3 Å². The number of aryl methyl sites for hydroxylation is 2. The quantitative estimate of drug-likeness (QED) is 0.693. The van der Waals surface area contributed by atoms with Crippen molar-refractivity contribution in [3.8, 4) is 11.1 Å². The van der Waals surface area contributed by atoms with E-state index in [9.17, 15) is 0 Å². The lowest BCUT2D eigenvalue weighted by Crippen LogP contribution is -2.12. The van der Waals surface area contributed by atoms with E-state index in [2.05, 4.69) is 53.7 Å². The molecule has 0 aliphatic carbocycles. The van der Waals surface area contributed by atoms with E-state index in [1.807, 2.05) is 19.4 Å². The first-order valence-electron chi connectivity index (χ1n) is 7.62. The molecule has 3 heteroatoms. The number of aromatic nitrogens is 1. The van der Waals surface area contributed by atoms with E-state index in [4.69, 9.17) is 0 Å². The van der Waals surface area contributed by atoms with Crippen molar-refractivity contribution in [1.29, 1.82) is 0 Å². The molecule has 2 heterocycles. The fraction of sp³-hybridized carbons (Fsp3) is 0.211. The topological polar surface area (TPSA) is 37.0 Å². The molecule has 0 amide bonds. The minimum atomic E-state index is 0.878. The minimum absolute atomic E-state index is 0.878. The van der Waals surface area contributed by atoms with Gasteiger partial charge in [-0.15, -0.1) is 0 Å². The average Bonchev–Trinajstić information content (AvgIpc) is 2.58. The third kappa shape index (κ3) is 1.72. The SMILES string of the molecule is CNc1ccc2c(c1)-c1c(c(C)c3ccncc3c1C)NC2. The van der Waals surface area contributed by atoms with Gasteiger partial charge in [0.15, 0.2) is 0 Å². The van der Waals surface area contributed by atoms with Gasteiger partial charge in [-0.1, -0.05) is 6.07 Å². The van der Waals surface area contributed by atoms with Crippen LogP contribution in [0, 0.1) is 13.8 Å². The highest BCUT2D eigenvalue weighted by Gasteiger charge is 2.22. The number of fused-ring (bicyclic) bond motifs is 4. The van der Waals surface area contributed by atoms with Crippen molar-refractivity contribution >= 4 is 22.1 Å². The molecule has 22 heavy (non-hydrogen) atoms. The highest BCUT2D eigenvalue weighted by Crippen LogP contribution is 2.44. The summed E-state index contributed by atoms with van der Waals surface area (Å²) < 4.78 is 0.